The molecule has 0 atom stereocenters. The molecular weight excluding hydrogens is 226 g/mol. The third kappa shape index (κ3) is 3.70. The van der Waals surface area contributed by atoms with Gasteiger partial charge in [0.25, 0.3) is 0 Å². The van der Waals surface area contributed by atoms with E-state index >= 15 is 0 Å². The molecule has 1 fully saturated rings. The SMILES string of the molecule is COC(=O)/C=C1/CCCN(Cc2ccccc2)C1. The normalized spacial score (nSPS) is 18.8. The number of carbonyl (C=O) groups excluding carboxylic acids is 1. The molecule has 1 aromatic carbocycles. The zero-order chi connectivity index (χ0) is 12.8. The molecule has 0 amide bonds. The van der Waals surface area contributed by atoms with E-state index in [-0.39, 0.29) is 5.97 Å². The molecule has 18 heavy (non-hydrogen) atoms. The maximum atomic E-state index is 11.2. The molecule has 0 unspecified atom stereocenters. The second-order valence-corrected chi connectivity index (χ2v) is 4.63. The third-order valence-electron chi connectivity index (χ3n) is 3.17. The summed E-state index contributed by atoms with van der Waals surface area (Å²) < 4.78 is 4.67. The molecule has 1 aliphatic heterocycles. The number of hydrogen-bond acceptors (Lipinski definition) is 3. The molecule has 1 aromatic rings. The van der Waals surface area contributed by atoms with Crippen LogP contribution in [0.15, 0.2) is 42.0 Å². The highest BCUT2D eigenvalue weighted by Crippen LogP contribution is 2.17. The monoisotopic (exact) mass is 245 g/mol. The van der Waals surface area contributed by atoms with E-state index in [2.05, 4.69) is 33.9 Å². The highest BCUT2D eigenvalue weighted by atomic mass is 16.5. The largest absolute Gasteiger partial charge is 0.466 e. The minimum absolute atomic E-state index is 0.244. The molecule has 3 nitrogen and oxygen atoms in total. The van der Waals surface area contributed by atoms with E-state index in [0.717, 1.165) is 32.5 Å². The summed E-state index contributed by atoms with van der Waals surface area (Å²) in [5.74, 6) is -0.244. The summed E-state index contributed by atoms with van der Waals surface area (Å²) in [5.41, 5.74) is 2.49. The van der Waals surface area contributed by atoms with E-state index in [1.54, 1.807) is 6.08 Å². The van der Waals surface area contributed by atoms with Gasteiger partial charge in [0.05, 0.1) is 7.11 Å². The second kappa shape index (κ2) is 6.36. The van der Waals surface area contributed by atoms with Crippen LogP contribution < -0.4 is 0 Å². The molecule has 0 aliphatic carbocycles. The van der Waals surface area contributed by atoms with Gasteiger partial charge >= 0.3 is 5.97 Å². The highest BCUT2D eigenvalue weighted by Gasteiger charge is 2.15. The summed E-state index contributed by atoms with van der Waals surface area (Å²) in [6, 6.07) is 10.4. The average molecular weight is 245 g/mol. The van der Waals surface area contributed by atoms with E-state index in [9.17, 15) is 4.79 Å². The van der Waals surface area contributed by atoms with Crippen molar-refractivity contribution in [3.63, 3.8) is 0 Å². The number of likely N-dealkylation sites (tertiary alicyclic amines) is 1. The van der Waals surface area contributed by atoms with Crippen molar-refractivity contribution in [2.24, 2.45) is 0 Å². The van der Waals surface area contributed by atoms with Crippen molar-refractivity contribution in [2.75, 3.05) is 20.2 Å². The van der Waals surface area contributed by atoms with Crippen LogP contribution in [0.25, 0.3) is 0 Å². The van der Waals surface area contributed by atoms with E-state index in [1.165, 1.54) is 18.2 Å². The van der Waals surface area contributed by atoms with Gasteiger partial charge in [-0.15, -0.1) is 0 Å². The van der Waals surface area contributed by atoms with Crippen molar-refractivity contribution >= 4 is 5.97 Å². The molecule has 0 aromatic heterocycles. The Hall–Kier alpha value is -1.61. The summed E-state index contributed by atoms with van der Waals surface area (Å²) in [4.78, 5) is 13.6. The quantitative estimate of drug-likeness (QED) is 0.605. The molecule has 0 N–H and O–H groups in total. The Morgan fingerprint density at radius 1 is 1.39 bits per heavy atom. The Bertz CT molecular complexity index is 425. The van der Waals surface area contributed by atoms with Gasteiger partial charge in [-0.3, -0.25) is 4.90 Å². The average Bonchev–Trinajstić information content (AvgIpc) is 2.40. The maximum absolute atomic E-state index is 11.2. The van der Waals surface area contributed by atoms with E-state index in [4.69, 9.17) is 0 Å². The van der Waals surface area contributed by atoms with E-state index in [1.807, 2.05) is 6.07 Å². The predicted molar refractivity (Wildman–Crippen MR) is 71.1 cm³/mol. The summed E-state index contributed by atoms with van der Waals surface area (Å²) >= 11 is 0. The van der Waals surface area contributed by atoms with Crippen molar-refractivity contribution in [1.29, 1.82) is 0 Å². The van der Waals surface area contributed by atoms with Gasteiger partial charge in [0, 0.05) is 19.2 Å². The summed E-state index contributed by atoms with van der Waals surface area (Å²) in [5, 5.41) is 0. The molecule has 96 valence electrons. The Labute approximate surface area is 108 Å². The lowest BCUT2D eigenvalue weighted by molar-refractivity contribution is -0.134. The van der Waals surface area contributed by atoms with Crippen LogP contribution in [0.2, 0.25) is 0 Å². The number of methoxy groups -OCH3 is 1. The van der Waals surface area contributed by atoms with Gasteiger partial charge in [0.2, 0.25) is 0 Å². The van der Waals surface area contributed by atoms with Gasteiger partial charge in [0.15, 0.2) is 0 Å². The topological polar surface area (TPSA) is 29.5 Å². The lowest BCUT2D eigenvalue weighted by Crippen LogP contribution is -2.31. The molecule has 0 radical (unpaired) electrons. The minimum atomic E-state index is -0.244. The van der Waals surface area contributed by atoms with Gasteiger partial charge in [0.1, 0.15) is 0 Å². The van der Waals surface area contributed by atoms with Gasteiger partial charge in [-0.05, 0) is 30.5 Å². The zero-order valence-electron chi connectivity index (χ0n) is 10.8. The Kier molecular flexibility index (Phi) is 4.53. The van der Waals surface area contributed by atoms with Gasteiger partial charge < -0.3 is 4.74 Å². The number of ether oxygens (including phenoxy) is 1. The first-order valence-electron chi connectivity index (χ1n) is 6.31. The fourth-order valence-electron chi connectivity index (χ4n) is 2.30. The van der Waals surface area contributed by atoms with Crippen molar-refractivity contribution < 1.29 is 9.53 Å². The fraction of sp³-hybridized carbons (Fsp3) is 0.400. The first-order chi connectivity index (χ1) is 8.78. The summed E-state index contributed by atoms with van der Waals surface area (Å²) in [7, 11) is 1.42. The molecule has 0 bridgehead atoms. The Morgan fingerprint density at radius 2 is 2.17 bits per heavy atom. The van der Waals surface area contributed by atoms with Crippen LogP contribution in [0.1, 0.15) is 18.4 Å². The number of nitrogens with zero attached hydrogens (tertiary/aromatic N) is 1. The maximum Gasteiger partial charge on any atom is 0.330 e. The molecule has 0 saturated carbocycles. The molecule has 0 spiro atoms. The second-order valence-electron chi connectivity index (χ2n) is 4.63. The number of benzene rings is 1. The number of rotatable bonds is 3. The lowest BCUT2D eigenvalue weighted by atomic mass is 10.0. The zero-order valence-corrected chi connectivity index (χ0v) is 10.8. The van der Waals surface area contributed by atoms with E-state index < -0.39 is 0 Å². The Balaban J connectivity index is 1.95. The molecule has 1 aliphatic rings. The van der Waals surface area contributed by atoms with Gasteiger partial charge in [-0.1, -0.05) is 30.3 Å². The van der Waals surface area contributed by atoms with Crippen LogP contribution in [0.4, 0.5) is 0 Å². The number of hydrogen-bond donors (Lipinski definition) is 0. The van der Waals surface area contributed by atoms with E-state index in [0.29, 0.717) is 0 Å². The fourth-order valence-corrected chi connectivity index (χ4v) is 2.30. The van der Waals surface area contributed by atoms with Gasteiger partial charge in [-0.2, -0.15) is 0 Å². The summed E-state index contributed by atoms with van der Waals surface area (Å²) in [6.07, 6.45) is 3.74. The highest BCUT2D eigenvalue weighted by molar-refractivity contribution is 5.82. The molecule has 3 heteroatoms. The molecule has 1 heterocycles. The molecular formula is C15H19NO2. The van der Waals surface area contributed by atoms with Crippen molar-refractivity contribution in [3.05, 3.63) is 47.5 Å². The first kappa shape index (κ1) is 12.8. The van der Waals surface area contributed by atoms with Crippen LogP contribution in [-0.2, 0) is 16.1 Å². The minimum Gasteiger partial charge on any atom is -0.466 e. The van der Waals surface area contributed by atoms with Crippen LogP contribution in [0, 0.1) is 0 Å². The summed E-state index contributed by atoms with van der Waals surface area (Å²) in [6.45, 7) is 2.90. The number of esters is 1. The van der Waals surface area contributed by atoms with Gasteiger partial charge in [-0.25, -0.2) is 4.79 Å². The Morgan fingerprint density at radius 3 is 2.89 bits per heavy atom. The van der Waals surface area contributed by atoms with Crippen molar-refractivity contribution in [2.45, 2.75) is 19.4 Å². The van der Waals surface area contributed by atoms with Crippen molar-refractivity contribution in [3.8, 4) is 0 Å². The van der Waals surface area contributed by atoms with Crippen LogP contribution in [0.3, 0.4) is 0 Å². The predicted octanol–water partition coefficient (Wildman–Crippen LogP) is 2.38. The number of carbonyl (C=O) groups is 1. The first-order valence-corrected chi connectivity index (χ1v) is 6.31. The third-order valence-corrected chi connectivity index (χ3v) is 3.17. The smallest absolute Gasteiger partial charge is 0.330 e. The van der Waals surface area contributed by atoms with Crippen LogP contribution in [0.5, 0.6) is 0 Å². The molecule has 2 rings (SSSR count). The molecule has 1 saturated heterocycles. The number of piperidine rings is 1. The van der Waals surface area contributed by atoms with Crippen LogP contribution >= 0.6 is 0 Å². The lowest BCUT2D eigenvalue weighted by Gasteiger charge is -2.28. The van der Waals surface area contributed by atoms with Crippen LogP contribution in [-0.4, -0.2) is 31.1 Å². The van der Waals surface area contributed by atoms with Crippen molar-refractivity contribution in [1.82, 2.24) is 4.90 Å². The standard InChI is InChI=1S/C15H19NO2/c1-18-15(17)10-14-8-5-9-16(12-14)11-13-6-3-2-4-7-13/h2-4,6-7,10H,5,8-9,11-12H2,1H3/b14-10-.